The Labute approximate surface area is 112 Å². The molecule has 0 radical (unpaired) electrons. The SMILES string of the molecule is CCC(CCNC)c1ccc(CCCCN)cc1. The summed E-state index contributed by atoms with van der Waals surface area (Å²) in [6.07, 6.45) is 5.92. The Morgan fingerprint density at radius 2 is 1.89 bits per heavy atom. The van der Waals surface area contributed by atoms with Gasteiger partial charge < -0.3 is 11.1 Å². The van der Waals surface area contributed by atoms with Crippen molar-refractivity contribution in [3.63, 3.8) is 0 Å². The molecule has 102 valence electrons. The van der Waals surface area contributed by atoms with Gasteiger partial charge in [0.1, 0.15) is 0 Å². The Kier molecular flexibility index (Phi) is 7.70. The Hall–Kier alpha value is -0.860. The first-order valence-electron chi connectivity index (χ1n) is 7.25. The van der Waals surface area contributed by atoms with Crippen LogP contribution in [0.4, 0.5) is 0 Å². The maximum atomic E-state index is 5.52. The summed E-state index contributed by atoms with van der Waals surface area (Å²) in [6, 6.07) is 9.19. The van der Waals surface area contributed by atoms with E-state index >= 15 is 0 Å². The molecule has 2 heteroatoms. The second-order valence-corrected chi connectivity index (χ2v) is 4.98. The summed E-state index contributed by atoms with van der Waals surface area (Å²) >= 11 is 0. The van der Waals surface area contributed by atoms with Crippen LogP contribution >= 0.6 is 0 Å². The van der Waals surface area contributed by atoms with Gasteiger partial charge in [0.2, 0.25) is 0 Å². The number of nitrogens with one attached hydrogen (secondary N) is 1. The van der Waals surface area contributed by atoms with E-state index in [1.165, 1.54) is 30.4 Å². The van der Waals surface area contributed by atoms with Crippen molar-refractivity contribution in [2.24, 2.45) is 5.73 Å². The lowest BCUT2D eigenvalue weighted by Gasteiger charge is -2.15. The van der Waals surface area contributed by atoms with Gasteiger partial charge in [0.15, 0.2) is 0 Å². The van der Waals surface area contributed by atoms with Gasteiger partial charge in [-0.1, -0.05) is 31.2 Å². The minimum atomic E-state index is 0.690. The molecule has 1 atom stereocenters. The van der Waals surface area contributed by atoms with E-state index in [2.05, 4.69) is 36.5 Å². The first-order valence-corrected chi connectivity index (χ1v) is 7.25. The molecule has 0 aliphatic carbocycles. The second-order valence-electron chi connectivity index (χ2n) is 4.98. The Morgan fingerprint density at radius 3 is 2.44 bits per heavy atom. The van der Waals surface area contributed by atoms with Gasteiger partial charge in [-0.05, 0) is 69.3 Å². The Bertz CT molecular complexity index is 305. The number of rotatable bonds is 9. The minimum absolute atomic E-state index is 0.690. The molecule has 0 heterocycles. The van der Waals surface area contributed by atoms with Gasteiger partial charge in [0.25, 0.3) is 0 Å². The summed E-state index contributed by atoms with van der Waals surface area (Å²) in [6.45, 7) is 4.17. The number of hydrogen-bond acceptors (Lipinski definition) is 2. The highest BCUT2D eigenvalue weighted by Gasteiger charge is 2.08. The molecule has 0 spiro atoms. The van der Waals surface area contributed by atoms with E-state index in [9.17, 15) is 0 Å². The van der Waals surface area contributed by atoms with E-state index in [0.717, 1.165) is 25.9 Å². The van der Waals surface area contributed by atoms with Gasteiger partial charge in [0.05, 0.1) is 0 Å². The number of nitrogens with two attached hydrogens (primary N) is 1. The van der Waals surface area contributed by atoms with E-state index in [1.54, 1.807) is 0 Å². The van der Waals surface area contributed by atoms with Crippen molar-refractivity contribution in [3.8, 4) is 0 Å². The molecule has 0 aromatic heterocycles. The van der Waals surface area contributed by atoms with Gasteiger partial charge in [-0.2, -0.15) is 0 Å². The van der Waals surface area contributed by atoms with Crippen LogP contribution in [0.25, 0.3) is 0 Å². The molecule has 3 N–H and O–H groups in total. The topological polar surface area (TPSA) is 38.0 Å². The first-order chi connectivity index (χ1) is 8.81. The molecule has 18 heavy (non-hydrogen) atoms. The zero-order chi connectivity index (χ0) is 13.2. The fourth-order valence-electron chi connectivity index (χ4n) is 2.35. The van der Waals surface area contributed by atoms with Crippen molar-refractivity contribution in [3.05, 3.63) is 35.4 Å². The van der Waals surface area contributed by atoms with Gasteiger partial charge >= 0.3 is 0 Å². The molecule has 0 saturated carbocycles. The average Bonchev–Trinajstić information content (AvgIpc) is 2.41. The Balaban J connectivity index is 2.51. The number of aryl methyl sites for hydroxylation is 1. The third kappa shape index (κ3) is 5.19. The molecule has 1 rings (SSSR count). The largest absolute Gasteiger partial charge is 0.330 e. The van der Waals surface area contributed by atoms with Crippen LogP contribution in [-0.4, -0.2) is 20.1 Å². The highest BCUT2D eigenvalue weighted by atomic mass is 14.8. The molecule has 1 aromatic carbocycles. The van der Waals surface area contributed by atoms with Crippen LogP contribution < -0.4 is 11.1 Å². The van der Waals surface area contributed by atoms with Crippen LogP contribution in [0.15, 0.2) is 24.3 Å². The summed E-state index contributed by atoms with van der Waals surface area (Å²) < 4.78 is 0. The van der Waals surface area contributed by atoms with Gasteiger partial charge in [-0.25, -0.2) is 0 Å². The van der Waals surface area contributed by atoms with Crippen LogP contribution in [0.5, 0.6) is 0 Å². The summed E-state index contributed by atoms with van der Waals surface area (Å²) in [4.78, 5) is 0. The smallest absolute Gasteiger partial charge is 0.00461 e. The molecule has 0 aliphatic rings. The van der Waals surface area contributed by atoms with Crippen molar-refractivity contribution >= 4 is 0 Å². The third-order valence-electron chi connectivity index (χ3n) is 3.61. The highest BCUT2D eigenvalue weighted by molar-refractivity contribution is 5.25. The number of unbranched alkanes of at least 4 members (excludes halogenated alkanes) is 1. The zero-order valence-electron chi connectivity index (χ0n) is 11.9. The van der Waals surface area contributed by atoms with E-state index in [0.29, 0.717) is 5.92 Å². The summed E-state index contributed by atoms with van der Waals surface area (Å²) in [7, 11) is 2.02. The van der Waals surface area contributed by atoms with Crippen molar-refractivity contribution in [1.82, 2.24) is 5.32 Å². The standard InChI is InChI=1S/C16H28N2/c1-3-15(11-13-18-2)16-9-7-14(8-10-16)6-4-5-12-17/h7-10,15,18H,3-6,11-13,17H2,1-2H3. The van der Waals surface area contributed by atoms with Crippen LogP contribution in [-0.2, 0) is 6.42 Å². The third-order valence-corrected chi connectivity index (χ3v) is 3.61. The molecule has 0 fully saturated rings. The molecule has 0 amide bonds. The molecule has 1 aromatic rings. The monoisotopic (exact) mass is 248 g/mol. The van der Waals surface area contributed by atoms with E-state index in [-0.39, 0.29) is 0 Å². The van der Waals surface area contributed by atoms with Crippen LogP contribution in [0.1, 0.15) is 49.7 Å². The average molecular weight is 248 g/mol. The van der Waals surface area contributed by atoms with Crippen LogP contribution in [0.2, 0.25) is 0 Å². The summed E-state index contributed by atoms with van der Waals surface area (Å²) in [5, 5.41) is 3.24. The molecule has 0 saturated heterocycles. The molecular formula is C16H28N2. The van der Waals surface area contributed by atoms with Crippen molar-refractivity contribution in [2.45, 2.75) is 44.9 Å². The summed E-state index contributed by atoms with van der Waals surface area (Å²) in [5.41, 5.74) is 8.44. The molecule has 1 unspecified atom stereocenters. The first kappa shape index (κ1) is 15.2. The van der Waals surface area contributed by atoms with Crippen LogP contribution in [0, 0.1) is 0 Å². The lowest BCUT2D eigenvalue weighted by atomic mass is 9.92. The lowest BCUT2D eigenvalue weighted by molar-refractivity contribution is 0.581. The van der Waals surface area contributed by atoms with Gasteiger partial charge in [-0.3, -0.25) is 0 Å². The number of hydrogen-bond donors (Lipinski definition) is 2. The van der Waals surface area contributed by atoms with Gasteiger partial charge in [-0.15, -0.1) is 0 Å². The van der Waals surface area contributed by atoms with Crippen LogP contribution in [0.3, 0.4) is 0 Å². The van der Waals surface area contributed by atoms with Crippen molar-refractivity contribution < 1.29 is 0 Å². The predicted molar refractivity (Wildman–Crippen MR) is 80.0 cm³/mol. The molecule has 2 nitrogen and oxygen atoms in total. The lowest BCUT2D eigenvalue weighted by Crippen LogP contribution is -2.11. The van der Waals surface area contributed by atoms with Gasteiger partial charge in [0, 0.05) is 0 Å². The molecular weight excluding hydrogens is 220 g/mol. The molecule has 0 aliphatic heterocycles. The predicted octanol–water partition coefficient (Wildman–Crippen LogP) is 3.07. The quantitative estimate of drug-likeness (QED) is 0.659. The number of benzene rings is 1. The highest BCUT2D eigenvalue weighted by Crippen LogP contribution is 2.23. The Morgan fingerprint density at radius 1 is 1.17 bits per heavy atom. The van der Waals surface area contributed by atoms with Crippen molar-refractivity contribution in [1.29, 1.82) is 0 Å². The van der Waals surface area contributed by atoms with E-state index < -0.39 is 0 Å². The fraction of sp³-hybridized carbons (Fsp3) is 0.625. The maximum Gasteiger partial charge on any atom is -0.00461 e. The van der Waals surface area contributed by atoms with E-state index in [1.807, 2.05) is 7.05 Å². The minimum Gasteiger partial charge on any atom is -0.330 e. The fourth-order valence-corrected chi connectivity index (χ4v) is 2.35. The normalized spacial score (nSPS) is 12.6. The van der Waals surface area contributed by atoms with E-state index in [4.69, 9.17) is 5.73 Å². The second kappa shape index (κ2) is 9.12. The maximum absolute atomic E-state index is 5.52. The van der Waals surface area contributed by atoms with Crippen molar-refractivity contribution in [2.75, 3.05) is 20.1 Å². The molecule has 0 bridgehead atoms. The summed E-state index contributed by atoms with van der Waals surface area (Å²) in [5.74, 6) is 0.690. The zero-order valence-corrected chi connectivity index (χ0v) is 11.9.